The van der Waals surface area contributed by atoms with Crippen molar-refractivity contribution in [2.45, 2.75) is 30.7 Å². The first-order valence-electron chi connectivity index (χ1n) is 12.4. The minimum absolute atomic E-state index is 0.0936. The number of halogens is 2. The molecule has 0 radical (unpaired) electrons. The van der Waals surface area contributed by atoms with Crippen molar-refractivity contribution in [1.82, 2.24) is 0 Å². The minimum atomic E-state index is 0.0936. The summed E-state index contributed by atoms with van der Waals surface area (Å²) in [7, 11) is 0. The molecule has 0 spiro atoms. The zero-order chi connectivity index (χ0) is 23.8. The lowest BCUT2D eigenvalue weighted by molar-refractivity contribution is 0.197. The molecule has 1 fully saturated rings. The molecule has 174 valence electrons. The highest BCUT2D eigenvalue weighted by atomic mass is 35.5. The highest BCUT2D eigenvalue weighted by molar-refractivity contribution is 6.31. The second-order valence-electron chi connectivity index (χ2n) is 9.79. The Kier molecular flexibility index (Phi) is 6.22. The van der Waals surface area contributed by atoms with E-state index in [-0.39, 0.29) is 6.04 Å². The largest absolute Gasteiger partial charge is 0.280 e. The van der Waals surface area contributed by atoms with Crippen LogP contribution in [-0.4, -0.2) is 5.71 Å². The zero-order valence-corrected chi connectivity index (χ0v) is 20.9. The van der Waals surface area contributed by atoms with Crippen LogP contribution in [0.5, 0.6) is 0 Å². The fourth-order valence-electron chi connectivity index (χ4n) is 6.27. The lowest BCUT2D eigenvalue weighted by atomic mass is 9.58. The highest BCUT2D eigenvalue weighted by Crippen LogP contribution is 2.56. The molecule has 1 nitrogen and oxygen atoms in total. The average molecular weight is 496 g/mol. The summed E-state index contributed by atoms with van der Waals surface area (Å²) in [6.45, 7) is 0. The van der Waals surface area contributed by atoms with Gasteiger partial charge in [0.2, 0.25) is 0 Å². The molecule has 35 heavy (non-hydrogen) atoms. The van der Waals surface area contributed by atoms with Crippen molar-refractivity contribution >= 4 is 28.9 Å². The normalized spacial score (nSPS) is 25.7. The van der Waals surface area contributed by atoms with Crippen molar-refractivity contribution in [3.8, 4) is 0 Å². The van der Waals surface area contributed by atoms with E-state index in [4.69, 9.17) is 28.2 Å². The van der Waals surface area contributed by atoms with Crippen molar-refractivity contribution in [2.24, 2.45) is 16.8 Å². The van der Waals surface area contributed by atoms with Gasteiger partial charge in [-0.15, -0.1) is 0 Å². The van der Waals surface area contributed by atoms with Gasteiger partial charge in [0, 0.05) is 21.7 Å². The third kappa shape index (κ3) is 4.44. The number of aliphatic imine (C=N–C) groups is 1. The fraction of sp³-hybridized carbons (Fsp3) is 0.219. The van der Waals surface area contributed by atoms with Gasteiger partial charge >= 0.3 is 0 Å². The van der Waals surface area contributed by atoms with Gasteiger partial charge in [-0.3, -0.25) is 4.99 Å². The third-order valence-electron chi connectivity index (χ3n) is 7.88. The SMILES string of the molecule is Clc1ccc(C2=N[C@@H](c3ccc(Cl)cc3)[C@H]3C[C@H]2[C@@H](c2ccccc2)C[C@H]3c2ccccc2)cc1. The highest BCUT2D eigenvalue weighted by Gasteiger charge is 2.47. The fourth-order valence-corrected chi connectivity index (χ4v) is 6.52. The predicted molar refractivity (Wildman–Crippen MR) is 147 cm³/mol. The van der Waals surface area contributed by atoms with Gasteiger partial charge < -0.3 is 0 Å². The molecule has 1 heterocycles. The maximum atomic E-state index is 6.26. The van der Waals surface area contributed by atoms with Crippen molar-refractivity contribution in [2.75, 3.05) is 0 Å². The van der Waals surface area contributed by atoms with Crippen LogP contribution < -0.4 is 0 Å². The van der Waals surface area contributed by atoms with Crippen molar-refractivity contribution < 1.29 is 0 Å². The maximum absolute atomic E-state index is 6.26. The second kappa shape index (κ2) is 9.64. The molecule has 3 heteroatoms. The molecule has 0 saturated heterocycles. The van der Waals surface area contributed by atoms with E-state index in [0.717, 1.165) is 22.9 Å². The summed E-state index contributed by atoms with van der Waals surface area (Å²) in [5.41, 5.74) is 6.45. The Morgan fingerprint density at radius 3 is 1.66 bits per heavy atom. The first-order valence-corrected chi connectivity index (χ1v) is 13.1. The van der Waals surface area contributed by atoms with Crippen LogP contribution in [0.3, 0.4) is 0 Å². The lowest BCUT2D eigenvalue weighted by Gasteiger charge is -2.48. The van der Waals surface area contributed by atoms with Gasteiger partial charge in [-0.2, -0.15) is 0 Å². The molecule has 6 rings (SSSR count). The Balaban J connectivity index is 1.52. The molecule has 1 aliphatic carbocycles. The Morgan fingerprint density at radius 1 is 0.514 bits per heavy atom. The van der Waals surface area contributed by atoms with E-state index in [2.05, 4.69) is 84.9 Å². The van der Waals surface area contributed by atoms with Gasteiger partial charge in [0.25, 0.3) is 0 Å². The molecule has 1 saturated carbocycles. The summed E-state index contributed by atoms with van der Waals surface area (Å²) >= 11 is 12.5. The molecular formula is C32H27Cl2N. The first kappa shape index (κ1) is 22.6. The summed E-state index contributed by atoms with van der Waals surface area (Å²) in [5.74, 6) is 1.65. The molecule has 5 atom stereocenters. The van der Waals surface area contributed by atoms with Gasteiger partial charge in [0.15, 0.2) is 0 Å². The molecule has 0 amide bonds. The Hall–Kier alpha value is -2.87. The Labute approximate surface area is 217 Å². The van der Waals surface area contributed by atoms with Crippen LogP contribution in [-0.2, 0) is 0 Å². The molecule has 1 aliphatic heterocycles. The van der Waals surface area contributed by atoms with Crippen LogP contribution in [0.4, 0.5) is 0 Å². The third-order valence-corrected chi connectivity index (χ3v) is 8.38. The van der Waals surface area contributed by atoms with Gasteiger partial charge in [0.1, 0.15) is 0 Å². The summed E-state index contributed by atoms with van der Waals surface area (Å²) in [4.78, 5) is 5.55. The van der Waals surface area contributed by atoms with E-state index in [1.165, 1.54) is 28.0 Å². The van der Waals surface area contributed by atoms with Crippen LogP contribution >= 0.6 is 23.2 Å². The Bertz CT molecular complexity index is 1310. The number of fused-ring (bicyclic) bond motifs is 2. The quantitative estimate of drug-likeness (QED) is 0.267. The first-order chi connectivity index (χ1) is 17.2. The van der Waals surface area contributed by atoms with E-state index >= 15 is 0 Å². The molecule has 0 aromatic heterocycles. The van der Waals surface area contributed by atoms with Gasteiger partial charge in [-0.1, -0.05) is 108 Å². The number of hydrogen-bond acceptors (Lipinski definition) is 1. The number of hydrogen-bond donors (Lipinski definition) is 0. The van der Waals surface area contributed by atoms with Crippen LogP contribution in [0, 0.1) is 11.8 Å². The monoisotopic (exact) mass is 495 g/mol. The van der Waals surface area contributed by atoms with Crippen molar-refractivity contribution in [3.05, 3.63) is 141 Å². The predicted octanol–water partition coefficient (Wildman–Crippen LogP) is 9.13. The molecular weight excluding hydrogens is 469 g/mol. The van der Waals surface area contributed by atoms with Gasteiger partial charge in [-0.25, -0.2) is 0 Å². The van der Waals surface area contributed by atoms with E-state index in [9.17, 15) is 0 Å². The van der Waals surface area contributed by atoms with Crippen LogP contribution in [0.15, 0.2) is 114 Å². The van der Waals surface area contributed by atoms with Gasteiger partial charge in [-0.05, 0) is 77.1 Å². The summed E-state index contributed by atoms with van der Waals surface area (Å²) in [6, 6.07) is 38.7. The molecule has 2 aliphatic rings. The second-order valence-corrected chi connectivity index (χ2v) is 10.7. The lowest BCUT2D eigenvalue weighted by Crippen LogP contribution is -2.40. The zero-order valence-electron chi connectivity index (χ0n) is 19.4. The van der Waals surface area contributed by atoms with Crippen LogP contribution in [0.1, 0.15) is 53.0 Å². The van der Waals surface area contributed by atoms with Crippen molar-refractivity contribution in [3.63, 3.8) is 0 Å². The van der Waals surface area contributed by atoms with E-state index in [1.807, 2.05) is 24.3 Å². The minimum Gasteiger partial charge on any atom is -0.280 e. The molecule has 0 unspecified atom stereocenters. The number of nitrogens with zero attached hydrogens (tertiary/aromatic N) is 1. The molecule has 4 aromatic rings. The van der Waals surface area contributed by atoms with Crippen LogP contribution in [0.2, 0.25) is 10.0 Å². The molecule has 4 aromatic carbocycles. The van der Waals surface area contributed by atoms with E-state index in [0.29, 0.717) is 23.7 Å². The Morgan fingerprint density at radius 2 is 1.06 bits per heavy atom. The van der Waals surface area contributed by atoms with Crippen molar-refractivity contribution in [1.29, 1.82) is 0 Å². The smallest absolute Gasteiger partial charge is 0.0786 e. The summed E-state index contributed by atoms with van der Waals surface area (Å²) < 4.78 is 0. The molecule has 2 bridgehead atoms. The number of benzene rings is 4. The average Bonchev–Trinajstić information content (AvgIpc) is 2.91. The molecule has 0 N–H and O–H groups in total. The van der Waals surface area contributed by atoms with E-state index < -0.39 is 0 Å². The summed E-state index contributed by atoms with van der Waals surface area (Å²) in [6.07, 6.45) is 2.22. The topological polar surface area (TPSA) is 12.4 Å². The maximum Gasteiger partial charge on any atom is 0.0786 e. The number of rotatable bonds is 4. The standard InChI is InChI=1S/C32H27Cl2N/c33-25-15-11-23(12-16-25)31-29-20-30(32(35-31)24-13-17-26(34)18-14-24)28(22-9-5-2-6-10-22)19-27(29)21-7-3-1-4-8-21/h1-18,27-31H,19-20H2/t27-,28+,29-,30-,31-/m0/s1. The van der Waals surface area contributed by atoms with E-state index in [1.54, 1.807) is 0 Å². The summed E-state index contributed by atoms with van der Waals surface area (Å²) in [5, 5.41) is 1.52. The van der Waals surface area contributed by atoms with Crippen LogP contribution in [0.25, 0.3) is 0 Å². The van der Waals surface area contributed by atoms with Gasteiger partial charge in [0.05, 0.1) is 6.04 Å².